The average Bonchev–Trinajstić information content (AvgIpc) is 2.48. The molecule has 0 saturated carbocycles. The Bertz CT molecular complexity index is 779. The van der Waals surface area contributed by atoms with Crippen molar-refractivity contribution in [1.82, 2.24) is 0 Å². The monoisotopic (exact) mass is 338 g/mol. The molecule has 2 aromatic rings. The van der Waals surface area contributed by atoms with Crippen LogP contribution in [0.5, 0.6) is 0 Å². The van der Waals surface area contributed by atoms with Crippen molar-refractivity contribution in [3.63, 3.8) is 0 Å². The summed E-state index contributed by atoms with van der Waals surface area (Å²) in [4.78, 5) is -0.0596. The Labute approximate surface area is 135 Å². The molecule has 0 heterocycles. The van der Waals surface area contributed by atoms with E-state index in [1.807, 2.05) is 0 Å². The Morgan fingerprint density at radius 1 is 1.05 bits per heavy atom. The van der Waals surface area contributed by atoms with Crippen LogP contribution in [0, 0.1) is 0 Å². The van der Waals surface area contributed by atoms with Gasteiger partial charge in [0.2, 0.25) is 15.0 Å². The fraction of sp³-hybridized carbons (Fsp3) is 0.176. The molecule has 0 aliphatic heterocycles. The van der Waals surface area contributed by atoms with Crippen LogP contribution in [0.2, 0.25) is 5.02 Å². The number of sulfone groups is 1. The van der Waals surface area contributed by atoms with Gasteiger partial charge in [-0.1, -0.05) is 55.8 Å². The maximum atomic E-state index is 14.4. The second-order valence-electron chi connectivity index (χ2n) is 5.49. The van der Waals surface area contributed by atoms with Crippen LogP contribution in [0.25, 0.3) is 0 Å². The number of rotatable bonds is 4. The SMILES string of the molecule is CC(C)(C=C(F)S(=O)(=O)c1ccccc1)c1ccc(Cl)cc1. The summed E-state index contributed by atoms with van der Waals surface area (Å²) in [5.41, 5.74) is -0.00779. The summed E-state index contributed by atoms with van der Waals surface area (Å²) in [5, 5.41) is -0.584. The lowest BCUT2D eigenvalue weighted by molar-refractivity contribution is 0.565. The summed E-state index contributed by atoms with van der Waals surface area (Å²) in [6.07, 6.45) is 1.12. The summed E-state index contributed by atoms with van der Waals surface area (Å²) >= 11 is 5.83. The highest BCUT2D eigenvalue weighted by Gasteiger charge is 2.26. The number of allylic oxidation sites excluding steroid dienone is 1. The van der Waals surface area contributed by atoms with Crippen molar-refractivity contribution in [1.29, 1.82) is 0 Å². The first-order valence-electron chi connectivity index (χ1n) is 6.68. The molecule has 116 valence electrons. The van der Waals surface area contributed by atoms with E-state index >= 15 is 0 Å². The van der Waals surface area contributed by atoms with Crippen molar-refractivity contribution in [2.45, 2.75) is 24.2 Å². The summed E-state index contributed by atoms with van der Waals surface area (Å²) in [6, 6.07) is 14.4. The molecular weight excluding hydrogens is 323 g/mol. The fourth-order valence-corrected chi connectivity index (χ4v) is 3.35. The standard InChI is InChI=1S/C17H16ClFO2S/c1-17(2,13-8-10-14(18)11-9-13)12-16(19)22(20,21)15-6-4-3-5-7-15/h3-12H,1-2H3. The molecule has 2 rings (SSSR count). The van der Waals surface area contributed by atoms with E-state index in [1.54, 1.807) is 56.3 Å². The van der Waals surface area contributed by atoms with Crippen molar-refractivity contribution in [2.75, 3.05) is 0 Å². The first-order valence-corrected chi connectivity index (χ1v) is 8.54. The zero-order chi connectivity index (χ0) is 16.4. The molecule has 0 fully saturated rings. The summed E-state index contributed by atoms with van der Waals surface area (Å²) < 4.78 is 38.8. The Hall–Kier alpha value is -1.65. The molecule has 0 aromatic heterocycles. The molecule has 0 spiro atoms. The van der Waals surface area contributed by atoms with Gasteiger partial charge in [-0.2, -0.15) is 4.39 Å². The first-order chi connectivity index (χ1) is 10.2. The molecular formula is C17H16ClFO2S. The van der Waals surface area contributed by atoms with E-state index in [0.29, 0.717) is 5.02 Å². The number of hydrogen-bond acceptors (Lipinski definition) is 2. The molecule has 5 heteroatoms. The zero-order valence-corrected chi connectivity index (χ0v) is 13.8. The smallest absolute Gasteiger partial charge is 0.216 e. The summed E-state index contributed by atoms with van der Waals surface area (Å²) in [5.74, 6) is 0. The van der Waals surface area contributed by atoms with Gasteiger partial charge in [-0.3, -0.25) is 0 Å². The zero-order valence-electron chi connectivity index (χ0n) is 12.3. The van der Waals surface area contributed by atoms with Gasteiger partial charge in [-0.25, -0.2) is 8.42 Å². The molecule has 0 saturated heterocycles. The molecule has 2 nitrogen and oxygen atoms in total. The van der Waals surface area contributed by atoms with Gasteiger partial charge in [-0.05, 0) is 35.9 Å². The Morgan fingerprint density at radius 3 is 2.14 bits per heavy atom. The van der Waals surface area contributed by atoms with Gasteiger partial charge in [0.1, 0.15) is 0 Å². The second-order valence-corrected chi connectivity index (χ2v) is 7.80. The fourth-order valence-electron chi connectivity index (χ4n) is 2.04. The second kappa shape index (κ2) is 6.23. The third-order valence-electron chi connectivity index (χ3n) is 3.37. The van der Waals surface area contributed by atoms with Gasteiger partial charge in [-0.15, -0.1) is 0 Å². The van der Waals surface area contributed by atoms with E-state index in [2.05, 4.69) is 0 Å². The predicted molar refractivity (Wildman–Crippen MR) is 87.3 cm³/mol. The molecule has 22 heavy (non-hydrogen) atoms. The van der Waals surface area contributed by atoms with Gasteiger partial charge in [0.25, 0.3) is 0 Å². The third-order valence-corrected chi connectivity index (χ3v) is 5.15. The van der Waals surface area contributed by atoms with Gasteiger partial charge in [0.15, 0.2) is 0 Å². The van der Waals surface area contributed by atoms with E-state index < -0.39 is 20.4 Å². The molecule has 0 unspecified atom stereocenters. The minimum atomic E-state index is -4.12. The van der Waals surface area contributed by atoms with Crippen LogP contribution in [0.1, 0.15) is 19.4 Å². The lowest BCUT2D eigenvalue weighted by atomic mass is 9.85. The van der Waals surface area contributed by atoms with Gasteiger partial charge in [0.05, 0.1) is 4.90 Å². The van der Waals surface area contributed by atoms with Crippen LogP contribution < -0.4 is 0 Å². The molecule has 0 bridgehead atoms. The quantitative estimate of drug-likeness (QED) is 0.794. The van der Waals surface area contributed by atoms with E-state index in [1.165, 1.54) is 12.1 Å². The van der Waals surface area contributed by atoms with Crippen molar-refractivity contribution < 1.29 is 12.8 Å². The number of halogens is 2. The van der Waals surface area contributed by atoms with Gasteiger partial charge in [0, 0.05) is 10.4 Å². The molecule has 0 N–H and O–H groups in total. The highest BCUT2D eigenvalue weighted by Crippen LogP contribution is 2.30. The van der Waals surface area contributed by atoms with Crippen molar-refractivity contribution in [2.24, 2.45) is 0 Å². The minimum Gasteiger partial charge on any atom is -0.216 e. The first kappa shape index (κ1) is 16.7. The van der Waals surface area contributed by atoms with Crippen LogP contribution in [0.3, 0.4) is 0 Å². The largest absolute Gasteiger partial charge is 0.233 e. The van der Waals surface area contributed by atoms with Crippen LogP contribution in [0.15, 0.2) is 70.7 Å². The highest BCUT2D eigenvalue weighted by atomic mass is 35.5. The van der Waals surface area contributed by atoms with Crippen molar-refractivity contribution in [3.8, 4) is 0 Å². The lowest BCUT2D eigenvalue weighted by Gasteiger charge is -2.21. The van der Waals surface area contributed by atoms with E-state index in [9.17, 15) is 12.8 Å². The van der Waals surface area contributed by atoms with Crippen LogP contribution in [-0.4, -0.2) is 8.42 Å². The maximum absolute atomic E-state index is 14.4. The summed E-state index contributed by atoms with van der Waals surface area (Å²) in [6.45, 7) is 3.49. The molecule has 0 atom stereocenters. The predicted octanol–water partition coefficient (Wildman–Crippen LogP) is 4.90. The topological polar surface area (TPSA) is 34.1 Å². The van der Waals surface area contributed by atoms with Crippen LogP contribution >= 0.6 is 11.6 Å². The Balaban J connectivity index is 2.41. The highest BCUT2D eigenvalue weighted by molar-refractivity contribution is 7.95. The number of hydrogen-bond donors (Lipinski definition) is 0. The minimum absolute atomic E-state index is 0.0596. The van der Waals surface area contributed by atoms with Crippen LogP contribution in [-0.2, 0) is 15.3 Å². The third kappa shape index (κ3) is 3.57. The van der Waals surface area contributed by atoms with Gasteiger partial charge < -0.3 is 0 Å². The number of benzene rings is 2. The molecule has 0 amide bonds. The molecule has 0 radical (unpaired) electrons. The van der Waals surface area contributed by atoms with Crippen LogP contribution in [0.4, 0.5) is 4.39 Å². The Kier molecular flexibility index (Phi) is 4.73. The average molecular weight is 339 g/mol. The maximum Gasteiger partial charge on any atom is 0.233 e. The van der Waals surface area contributed by atoms with Crippen molar-refractivity contribution >= 4 is 21.4 Å². The molecule has 0 aliphatic carbocycles. The summed E-state index contributed by atoms with van der Waals surface area (Å²) in [7, 11) is -4.12. The Morgan fingerprint density at radius 2 is 1.59 bits per heavy atom. The van der Waals surface area contributed by atoms with Crippen molar-refractivity contribution in [3.05, 3.63) is 76.4 Å². The van der Waals surface area contributed by atoms with Gasteiger partial charge >= 0.3 is 0 Å². The van der Waals surface area contributed by atoms with E-state index in [-0.39, 0.29) is 4.90 Å². The van der Waals surface area contributed by atoms with E-state index in [0.717, 1.165) is 11.6 Å². The molecule has 0 aliphatic rings. The normalized spacial score (nSPS) is 13.2. The molecule has 2 aromatic carbocycles. The van der Waals surface area contributed by atoms with E-state index in [4.69, 9.17) is 11.6 Å². The lowest BCUT2D eigenvalue weighted by Crippen LogP contribution is -2.16.